The summed E-state index contributed by atoms with van der Waals surface area (Å²) in [6, 6.07) is 4.90. The van der Waals surface area contributed by atoms with Gasteiger partial charge in [0.15, 0.2) is 0 Å². The van der Waals surface area contributed by atoms with E-state index in [2.05, 4.69) is 10.7 Å². The number of nitrogens with one attached hydrogen (secondary N) is 1. The standard InChI is InChI=1S/C8H9ClN2O2/c1-2-13-8-5-6(10-11-12)3-4-7(8)9/h3-5H,2H2,1H3,(H,10,12). The molecule has 0 radical (unpaired) electrons. The average molecular weight is 201 g/mol. The van der Waals surface area contributed by atoms with Crippen LogP contribution in [0.4, 0.5) is 5.69 Å². The predicted molar refractivity (Wildman–Crippen MR) is 52.0 cm³/mol. The molecule has 4 nitrogen and oxygen atoms in total. The highest BCUT2D eigenvalue weighted by molar-refractivity contribution is 6.32. The van der Waals surface area contributed by atoms with E-state index in [4.69, 9.17) is 16.3 Å². The Labute approximate surface area is 80.8 Å². The van der Waals surface area contributed by atoms with Gasteiger partial charge in [0.1, 0.15) is 5.75 Å². The Morgan fingerprint density at radius 2 is 2.38 bits per heavy atom. The molecule has 0 fully saturated rings. The number of rotatable bonds is 4. The summed E-state index contributed by atoms with van der Waals surface area (Å²) in [6.07, 6.45) is 0. The summed E-state index contributed by atoms with van der Waals surface area (Å²) in [5.41, 5.74) is 2.82. The lowest BCUT2D eigenvalue weighted by Gasteiger charge is -2.06. The minimum Gasteiger partial charge on any atom is -0.492 e. The topological polar surface area (TPSA) is 50.7 Å². The van der Waals surface area contributed by atoms with Crippen LogP contribution in [-0.2, 0) is 0 Å². The third-order valence-corrected chi connectivity index (χ3v) is 1.72. The van der Waals surface area contributed by atoms with Crippen molar-refractivity contribution in [2.75, 3.05) is 12.0 Å². The number of halogens is 1. The van der Waals surface area contributed by atoms with Gasteiger partial charge < -0.3 is 4.74 Å². The molecule has 0 aliphatic carbocycles. The smallest absolute Gasteiger partial charge is 0.139 e. The third kappa shape index (κ3) is 2.59. The Balaban J connectivity index is 2.89. The first kappa shape index (κ1) is 9.80. The van der Waals surface area contributed by atoms with Crippen molar-refractivity contribution >= 4 is 17.3 Å². The summed E-state index contributed by atoms with van der Waals surface area (Å²) >= 11 is 5.81. The summed E-state index contributed by atoms with van der Waals surface area (Å²) in [5, 5.41) is 3.05. The summed E-state index contributed by atoms with van der Waals surface area (Å²) in [7, 11) is 0. The quantitative estimate of drug-likeness (QED) is 0.601. The molecule has 0 saturated carbocycles. The number of benzene rings is 1. The molecule has 0 aromatic heterocycles. The van der Waals surface area contributed by atoms with Crippen molar-refractivity contribution in [2.45, 2.75) is 6.92 Å². The number of nitroso groups, excluding NO2 is 1. The normalized spacial score (nSPS) is 9.38. The number of hydrogen-bond donors (Lipinski definition) is 1. The van der Waals surface area contributed by atoms with Crippen molar-refractivity contribution in [3.63, 3.8) is 0 Å². The molecule has 0 bridgehead atoms. The second kappa shape index (κ2) is 4.67. The van der Waals surface area contributed by atoms with Gasteiger partial charge in [-0.25, -0.2) is 5.43 Å². The van der Waals surface area contributed by atoms with Crippen LogP contribution in [-0.4, -0.2) is 6.61 Å². The SMILES string of the molecule is CCOc1cc(NN=O)ccc1Cl. The molecule has 0 aliphatic heterocycles. The highest BCUT2D eigenvalue weighted by Crippen LogP contribution is 2.27. The first-order chi connectivity index (χ1) is 6.27. The van der Waals surface area contributed by atoms with Gasteiger partial charge in [0.25, 0.3) is 0 Å². The monoisotopic (exact) mass is 200 g/mol. The van der Waals surface area contributed by atoms with Crippen LogP contribution in [0, 0.1) is 4.91 Å². The van der Waals surface area contributed by atoms with E-state index in [1.807, 2.05) is 6.92 Å². The van der Waals surface area contributed by atoms with Crippen LogP contribution in [0.3, 0.4) is 0 Å². The second-order valence-electron chi connectivity index (χ2n) is 2.28. The van der Waals surface area contributed by atoms with Gasteiger partial charge in [-0.3, -0.25) is 0 Å². The molecule has 0 heterocycles. The Morgan fingerprint density at radius 1 is 1.62 bits per heavy atom. The van der Waals surface area contributed by atoms with Gasteiger partial charge in [-0.15, -0.1) is 4.91 Å². The van der Waals surface area contributed by atoms with Gasteiger partial charge in [-0.05, 0) is 19.1 Å². The maximum atomic E-state index is 9.89. The Morgan fingerprint density at radius 3 is 3.00 bits per heavy atom. The van der Waals surface area contributed by atoms with E-state index in [0.29, 0.717) is 23.1 Å². The van der Waals surface area contributed by atoms with E-state index in [9.17, 15) is 4.91 Å². The van der Waals surface area contributed by atoms with E-state index >= 15 is 0 Å². The zero-order chi connectivity index (χ0) is 9.68. The number of anilines is 1. The summed E-state index contributed by atoms with van der Waals surface area (Å²) in [5.74, 6) is 0.540. The predicted octanol–water partition coefficient (Wildman–Crippen LogP) is 2.83. The molecule has 5 heteroatoms. The lowest BCUT2D eigenvalue weighted by molar-refractivity contribution is 0.340. The summed E-state index contributed by atoms with van der Waals surface area (Å²) < 4.78 is 5.21. The zero-order valence-corrected chi connectivity index (χ0v) is 7.84. The van der Waals surface area contributed by atoms with Gasteiger partial charge in [0, 0.05) is 6.07 Å². The van der Waals surface area contributed by atoms with Crippen LogP contribution in [0.15, 0.2) is 23.5 Å². The molecular formula is C8H9ClN2O2. The molecule has 1 rings (SSSR count). The van der Waals surface area contributed by atoms with Crippen LogP contribution in [0.2, 0.25) is 5.02 Å². The van der Waals surface area contributed by atoms with E-state index in [0.717, 1.165) is 0 Å². The molecule has 0 atom stereocenters. The van der Waals surface area contributed by atoms with Gasteiger partial charge >= 0.3 is 0 Å². The lowest BCUT2D eigenvalue weighted by Crippen LogP contribution is -1.93. The highest BCUT2D eigenvalue weighted by Gasteiger charge is 2.01. The fourth-order valence-electron chi connectivity index (χ4n) is 0.892. The van der Waals surface area contributed by atoms with Crippen LogP contribution in [0.5, 0.6) is 5.75 Å². The van der Waals surface area contributed by atoms with Crippen molar-refractivity contribution in [3.05, 3.63) is 28.1 Å². The first-order valence-corrected chi connectivity index (χ1v) is 4.16. The number of nitrogens with zero attached hydrogens (tertiary/aromatic N) is 1. The van der Waals surface area contributed by atoms with Crippen LogP contribution < -0.4 is 10.2 Å². The average Bonchev–Trinajstić information content (AvgIpc) is 2.12. The van der Waals surface area contributed by atoms with Crippen LogP contribution >= 0.6 is 11.6 Å². The molecule has 13 heavy (non-hydrogen) atoms. The summed E-state index contributed by atoms with van der Waals surface area (Å²) in [6.45, 7) is 2.38. The van der Waals surface area contributed by atoms with Crippen molar-refractivity contribution in [1.29, 1.82) is 0 Å². The molecule has 0 unspecified atom stereocenters. The van der Waals surface area contributed by atoms with Crippen molar-refractivity contribution in [2.24, 2.45) is 5.29 Å². The molecule has 0 spiro atoms. The molecule has 0 aliphatic rings. The zero-order valence-electron chi connectivity index (χ0n) is 7.08. The summed E-state index contributed by atoms with van der Waals surface area (Å²) in [4.78, 5) is 9.89. The molecule has 0 saturated heterocycles. The van der Waals surface area contributed by atoms with Gasteiger partial charge in [-0.1, -0.05) is 11.6 Å². The third-order valence-electron chi connectivity index (χ3n) is 1.41. The molecule has 0 amide bonds. The molecular weight excluding hydrogens is 192 g/mol. The van der Waals surface area contributed by atoms with Gasteiger partial charge in [0.2, 0.25) is 0 Å². The van der Waals surface area contributed by atoms with E-state index in [1.54, 1.807) is 18.2 Å². The maximum Gasteiger partial charge on any atom is 0.139 e. The van der Waals surface area contributed by atoms with E-state index < -0.39 is 0 Å². The van der Waals surface area contributed by atoms with E-state index in [-0.39, 0.29) is 0 Å². The second-order valence-corrected chi connectivity index (χ2v) is 2.69. The Hall–Kier alpha value is -1.29. The Kier molecular flexibility index (Phi) is 3.52. The largest absolute Gasteiger partial charge is 0.492 e. The highest BCUT2D eigenvalue weighted by atomic mass is 35.5. The molecule has 1 aromatic rings. The molecule has 70 valence electrons. The van der Waals surface area contributed by atoms with Gasteiger partial charge in [0.05, 0.1) is 22.6 Å². The van der Waals surface area contributed by atoms with E-state index in [1.165, 1.54) is 0 Å². The number of ether oxygens (including phenoxy) is 1. The fraction of sp³-hybridized carbons (Fsp3) is 0.250. The lowest BCUT2D eigenvalue weighted by atomic mass is 10.3. The van der Waals surface area contributed by atoms with Crippen molar-refractivity contribution < 1.29 is 4.74 Å². The molecule has 1 aromatic carbocycles. The first-order valence-electron chi connectivity index (χ1n) is 3.78. The maximum absolute atomic E-state index is 9.89. The number of hydrogen-bond acceptors (Lipinski definition) is 3. The fourth-order valence-corrected chi connectivity index (χ4v) is 1.06. The van der Waals surface area contributed by atoms with Gasteiger partial charge in [-0.2, -0.15) is 0 Å². The minimum absolute atomic E-state index is 0.512. The Bertz CT molecular complexity index is 304. The minimum atomic E-state index is 0.512. The van der Waals surface area contributed by atoms with Crippen molar-refractivity contribution in [3.8, 4) is 5.75 Å². The molecule has 1 N–H and O–H groups in total. The van der Waals surface area contributed by atoms with Crippen molar-refractivity contribution in [1.82, 2.24) is 0 Å². The van der Waals surface area contributed by atoms with Crippen LogP contribution in [0.25, 0.3) is 0 Å². The van der Waals surface area contributed by atoms with Crippen LogP contribution in [0.1, 0.15) is 6.92 Å².